The quantitative estimate of drug-likeness (QED) is 0.627. The number of amides is 1. The Hall–Kier alpha value is -2.49. The summed E-state index contributed by atoms with van der Waals surface area (Å²) in [5, 5.41) is 5.11. The molecule has 0 bridgehead atoms. The van der Waals surface area contributed by atoms with Gasteiger partial charge in [-0.2, -0.15) is 0 Å². The van der Waals surface area contributed by atoms with E-state index in [1.807, 2.05) is 0 Å². The second kappa shape index (κ2) is 7.40. The molecule has 2 heterocycles. The van der Waals surface area contributed by atoms with Crippen LogP contribution in [0.25, 0.3) is 11.0 Å². The van der Waals surface area contributed by atoms with E-state index in [4.69, 9.17) is 4.42 Å². The molecule has 3 rings (SSSR count). The number of thiophene rings is 1. The lowest BCUT2D eigenvalue weighted by molar-refractivity contribution is -0.116. The van der Waals surface area contributed by atoms with E-state index in [2.05, 4.69) is 10.0 Å². The van der Waals surface area contributed by atoms with Crippen LogP contribution in [0.15, 0.2) is 55.2 Å². The summed E-state index contributed by atoms with van der Waals surface area (Å²) in [4.78, 5) is 23.5. The van der Waals surface area contributed by atoms with Crippen LogP contribution in [0.5, 0.6) is 0 Å². The van der Waals surface area contributed by atoms with Crippen molar-refractivity contribution in [3.05, 3.63) is 57.8 Å². The molecule has 0 radical (unpaired) electrons. The van der Waals surface area contributed by atoms with Gasteiger partial charge in [-0.3, -0.25) is 4.79 Å². The van der Waals surface area contributed by atoms with Crippen molar-refractivity contribution in [2.45, 2.75) is 17.6 Å². The third kappa shape index (κ3) is 4.18. The molecule has 0 aliphatic rings. The Morgan fingerprint density at radius 1 is 1.23 bits per heavy atom. The van der Waals surface area contributed by atoms with E-state index < -0.39 is 15.6 Å². The molecule has 7 nitrogen and oxygen atoms in total. The zero-order valence-corrected chi connectivity index (χ0v) is 15.4. The number of hydrogen-bond donors (Lipinski definition) is 2. The molecule has 0 aliphatic heterocycles. The highest BCUT2D eigenvalue weighted by Gasteiger charge is 2.15. The summed E-state index contributed by atoms with van der Waals surface area (Å²) in [5.74, 6) is -0.353. The first-order chi connectivity index (χ1) is 12.3. The van der Waals surface area contributed by atoms with E-state index in [1.54, 1.807) is 36.6 Å². The number of carbonyl (C=O) groups is 1. The Labute approximate surface area is 153 Å². The highest BCUT2D eigenvalue weighted by atomic mass is 32.2. The second-order valence-electron chi connectivity index (χ2n) is 5.59. The minimum Gasteiger partial charge on any atom is -0.423 e. The van der Waals surface area contributed by atoms with Gasteiger partial charge >= 0.3 is 5.63 Å². The Morgan fingerprint density at radius 2 is 2.04 bits per heavy atom. The molecule has 0 fully saturated rings. The number of anilines is 1. The molecule has 0 unspecified atom stereocenters. The van der Waals surface area contributed by atoms with Crippen molar-refractivity contribution < 1.29 is 17.6 Å². The molecule has 0 spiro atoms. The average molecular weight is 392 g/mol. The summed E-state index contributed by atoms with van der Waals surface area (Å²) >= 11 is 1.11. The maximum Gasteiger partial charge on any atom is 0.336 e. The molecular weight excluding hydrogens is 376 g/mol. The monoisotopic (exact) mass is 392 g/mol. The van der Waals surface area contributed by atoms with Gasteiger partial charge in [0.25, 0.3) is 0 Å². The number of sulfonamides is 1. The van der Waals surface area contributed by atoms with Crippen molar-refractivity contribution in [1.82, 2.24) is 4.72 Å². The lowest BCUT2D eigenvalue weighted by Crippen LogP contribution is -2.27. The van der Waals surface area contributed by atoms with Crippen molar-refractivity contribution in [3.63, 3.8) is 0 Å². The first-order valence-corrected chi connectivity index (χ1v) is 10.1. The van der Waals surface area contributed by atoms with Gasteiger partial charge in [-0.05, 0) is 36.1 Å². The number of rotatable bonds is 6. The first-order valence-electron chi connectivity index (χ1n) is 7.73. The normalized spacial score (nSPS) is 11.6. The van der Waals surface area contributed by atoms with Crippen LogP contribution >= 0.6 is 11.3 Å². The van der Waals surface area contributed by atoms with Crippen molar-refractivity contribution in [3.8, 4) is 0 Å². The van der Waals surface area contributed by atoms with Crippen molar-refractivity contribution in [1.29, 1.82) is 0 Å². The molecule has 136 valence electrons. The van der Waals surface area contributed by atoms with Gasteiger partial charge in [0.1, 0.15) is 9.79 Å². The summed E-state index contributed by atoms with van der Waals surface area (Å²) in [6, 6.07) is 9.56. The first kappa shape index (κ1) is 18.3. The molecule has 0 saturated heterocycles. The van der Waals surface area contributed by atoms with Gasteiger partial charge in [0.05, 0.1) is 0 Å². The van der Waals surface area contributed by atoms with Gasteiger partial charge in [0.2, 0.25) is 15.9 Å². The minimum atomic E-state index is -3.59. The minimum absolute atomic E-state index is 0.0200. The average Bonchev–Trinajstić information content (AvgIpc) is 3.09. The second-order valence-corrected chi connectivity index (χ2v) is 8.53. The van der Waals surface area contributed by atoms with Crippen molar-refractivity contribution in [2.24, 2.45) is 0 Å². The zero-order valence-electron chi connectivity index (χ0n) is 13.8. The Kier molecular flexibility index (Phi) is 5.21. The molecule has 3 aromatic rings. The fraction of sp³-hybridized carbons (Fsp3) is 0.176. The molecule has 0 atom stereocenters. The maximum atomic E-state index is 12.0. The van der Waals surface area contributed by atoms with E-state index in [9.17, 15) is 18.0 Å². The Bertz CT molecular complexity index is 1100. The van der Waals surface area contributed by atoms with Gasteiger partial charge in [0.15, 0.2) is 0 Å². The standard InChI is InChI=1S/C17H16N2O5S2/c1-11-9-16(21)24-14-10-12(4-5-13(11)14)19-15(20)6-7-18-26(22,23)17-3-2-8-25-17/h2-5,8-10,18H,6-7H2,1H3,(H,19,20). The van der Waals surface area contributed by atoms with Crippen LogP contribution in [-0.2, 0) is 14.8 Å². The molecule has 0 saturated carbocycles. The van der Waals surface area contributed by atoms with E-state index in [1.165, 1.54) is 12.1 Å². The third-order valence-electron chi connectivity index (χ3n) is 3.64. The predicted molar refractivity (Wildman–Crippen MR) is 100.0 cm³/mol. The summed E-state index contributed by atoms with van der Waals surface area (Å²) < 4.78 is 31.7. The third-order valence-corrected chi connectivity index (χ3v) is 6.50. The Morgan fingerprint density at radius 3 is 2.77 bits per heavy atom. The number of fused-ring (bicyclic) bond motifs is 1. The molecule has 1 amide bonds. The van der Waals surface area contributed by atoms with Crippen LogP contribution < -0.4 is 15.7 Å². The zero-order chi connectivity index (χ0) is 18.7. The summed E-state index contributed by atoms with van der Waals surface area (Å²) in [6.45, 7) is 1.78. The summed E-state index contributed by atoms with van der Waals surface area (Å²) in [5.41, 5.74) is 1.18. The van der Waals surface area contributed by atoms with Crippen LogP contribution in [-0.4, -0.2) is 20.9 Å². The largest absolute Gasteiger partial charge is 0.423 e. The van der Waals surface area contributed by atoms with Crippen molar-refractivity contribution in [2.75, 3.05) is 11.9 Å². The number of carbonyl (C=O) groups excluding carboxylic acids is 1. The SMILES string of the molecule is Cc1cc(=O)oc2cc(NC(=O)CCNS(=O)(=O)c3cccs3)ccc12. The molecular formula is C17H16N2O5S2. The molecule has 2 aromatic heterocycles. The van der Waals surface area contributed by atoms with Crippen LogP contribution in [0, 0.1) is 6.92 Å². The smallest absolute Gasteiger partial charge is 0.336 e. The van der Waals surface area contributed by atoms with E-state index >= 15 is 0 Å². The maximum absolute atomic E-state index is 12.0. The van der Waals surface area contributed by atoms with Crippen molar-refractivity contribution >= 4 is 43.9 Å². The molecule has 1 aromatic carbocycles. The van der Waals surface area contributed by atoms with Crippen LogP contribution in [0.4, 0.5) is 5.69 Å². The van der Waals surface area contributed by atoms with Crippen LogP contribution in [0.2, 0.25) is 0 Å². The fourth-order valence-corrected chi connectivity index (χ4v) is 4.48. The highest BCUT2D eigenvalue weighted by molar-refractivity contribution is 7.91. The Balaban J connectivity index is 1.62. The summed E-state index contributed by atoms with van der Waals surface area (Å²) in [7, 11) is -3.59. The molecule has 0 aliphatic carbocycles. The van der Waals surface area contributed by atoms with Crippen LogP contribution in [0.3, 0.4) is 0 Å². The van der Waals surface area contributed by atoms with Gasteiger partial charge < -0.3 is 9.73 Å². The van der Waals surface area contributed by atoms with E-state index in [0.717, 1.165) is 22.3 Å². The fourth-order valence-electron chi connectivity index (χ4n) is 2.41. The molecule has 9 heteroatoms. The summed E-state index contributed by atoms with van der Waals surface area (Å²) in [6.07, 6.45) is -0.0274. The number of benzene rings is 1. The van der Waals surface area contributed by atoms with E-state index in [-0.39, 0.29) is 23.1 Å². The van der Waals surface area contributed by atoms with Crippen LogP contribution in [0.1, 0.15) is 12.0 Å². The number of nitrogens with one attached hydrogen (secondary N) is 2. The van der Waals surface area contributed by atoms with Gasteiger partial charge in [0, 0.05) is 36.2 Å². The molecule has 2 N–H and O–H groups in total. The lowest BCUT2D eigenvalue weighted by atomic mass is 10.1. The number of hydrogen-bond acceptors (Lipinski definition) is 6. The van der Waals surface area contributed by atoms with Gasteiger partial charge in [-0.1, -0.05) is 6.07 Å². The van der Waals surface area contributed by atoms with Gasteiger partial charge in [-0.15, -0.1) is 11.3 Å². The topological polar surface area (TPSA) is 105 Å². The molecule has 26 heavy (non-hydrogen) atoms. The predicted octanol–water partition coefficient (Wildman–Crippen LogP) is 2.47. The van der Waals surface area contributed by atoms with E-state index in [0.29, 0.717) is 11.3 Å². The number of aryl methyl sites for hydroxylation is 1. The highest BCUT2D eigenvalue weighted by Crippen LogP contribution is 2.21. The van der Waals surface area contributed by atoms with Gasteiger partial charge in [-0.25, -0.2) is 17.9 Å². The lowest BCUT2D eigenvalue weighted by Gasteiger charge is -2.08.